The van der Waals surface area contributed by atoms with Crippen LogP contribution >= 0.6 is 11.8 Å². The van der Waals surface area contributed by atoms with Gasteiger partial charge in [0, 0.05) is 18.3 Å². The highest BCUT2D eigenvalue weighted by Crippen LogP contribution is 2.16. The molecule has 1 amide bonds. The van der Waals surface area contributed by atoms with E-state index in [1.54, 1.807) is 0 Å². The van der Waals surface area contributed by atoms with Gasteiger partial charge in [-0.1, -0.05) is 6.92 Å². The van der Waals surface area contributed by atoms with Gasteiger partial charge in [-0.25, -0.2) is 0 Å². The van der Waals surface area contributed by atoms with Gasteiger partial charge in [0.15, 0.2) is 0 Å². The SMILES string of the molecule is CCCNC(=O)CNC1CCSC1. The number of nitrogens with one attached hydrogen (secondary N) is 2. The molecule has 0 spiro atoms. The standard InChI is InChI=1S/C9H18N2OS/c1-2-4-10-9(12)6-11-8-3-5-13-7-8/h8,11H,2-7H2,1H3,(H,10,12). The van der Waals surface area contributed by atoms with E-state index in [0.29, 0.717) is 12.6 Å². The van der Waals surface area contributed by atoms with Crippen molar-refractivity contribution in [2.24, 2.45) is 0 Å². The number of carbonyl (C=O) groups is 1. The van der Waals surface area contributed by atoms with E-state index in [1.165, 1.54) is 12.2 Å². The first-order chi connectivity index (χ1) is 6.33. The number of thioether (sulfide) groups is 1. The number of rotatable bonds is 5. The molecule has 0 aromatic carbocycles. The molecule has 3 nitrogen and oxygen atoms in total. The van der Waals surface area contributed by atoms with Gasteiger partial charge in [0.1, 0.15) is 0 Å². The van der Waals surface area contributed by atoms with Crippen molar-refractivity contribution in [1.82, 2.24) is 10.6 Å². The van der Waals surface area contributed by atoms with Crippen LogP contribution in [0.5, 0.6) is 0 Å². The first-order valence-electron chi connectivity index (χ1n) is 4.90. The highest BCUT2D eigenvalue weighted by molar-refractivity contribution is 7.99. The van der Waals surface area contributed by atoms with Crippen molar-refractivity contribution in [3.63, 3.8) is 0 Å². The largest absolute Gasteiger partial charge is 0.355 e. The summed E-state index contributed by atoms with van der Waals surface area (Å²) < 4.78 is 0. The molecule has 1 aliphatic heterocycles. The van der Waals surface area contributed by atoms with E-state index >= 15 is 0 Å². The number of carbonyl (C=O) groups excluding carboxylic acids is 1. The predicted octanol–water partition coefficient (Wildman–Crippen LogP) is 0.608. The summed E-state index contributed by atoms with van der Waals surface area (Å²) in [6, 6.07) is 0.553. The Hall–Kier alpha value is -0.220. The molecule has 1 heterocycles. The van der Waals surface area contributed by atoms with Crippen molar-refractivity contribution in [2.45, 2.75) is 25.8 Å². The van der Waals surface area contributed by atoms with Crippen molar-refractivity contribution in [3.05, 3.63) is 0 Å². The van der Waals surface area contributed by atoms with E-state index in [2.05, 4.69) is 17.6 Å². The minimum Gasteiger partial charge on any atom is -0.355 e. The summed E-state index contributed by atoms with van der Waals surface area (Å²) in [6.07, 6.45) is 2.21. The average molecular weight is 202 g/mol. The summed E-state index contributed by atoms with van der Waals surface area (Å²) in [6.45, 7) is 3.33. The lowest BCUT2D eigenvalue weighted by Gasteiger charge is -2.10. The molecular weight excluding hydrogens is 184 g/mol. The molecular formula is C9H18N2OS. The van der Waals surface area contributed by atoms with E-state index in [-0.39, 0.29) is 5.91 Å². The van der Waals surface area contributed by atoms with Gasteiger partial charge >= 0.3 is 0 Å². The Morgan fingerprint density at radius 3 is 3.08 bits per heavy atom. The van der Waals surface area contributed by atoms with Crippen LogP contribution in [-0.4, -0.2) is 36.5 Å². The Kier molecular flexibility index (Phi) is 5.23. The summed E-state index contributed by atoms with van der Waals surface area (Å²) >= 11 is 1.96. The van der Waals surface area contributed by atoms with Crippen LogP contribution in [0.1, 0.15) is 19.8 Å². The summed E-state index contributed by atoms with van der Waals surface area (Å²) in [5.41, 5.74) is 0. The molecule has 1 unspecified atom stereocenters. The van der Waals surface area contributed by atoms with Crippen LogP contribution in [0, 0.1) is 0 Å². The maximum absolute atomic E-state index is 11.2. The zero-order valence-electron chi connectivity index (χ0n) is 8.14. The third-order valence-corrected chi connectivity index (χ3v) is 3.22. The molecule has 0 aromatic heterocycles. The maximum atomic E-state index is 11.2. The molecule has 1 atom stereocenters. The minimum absolute atomic E-state index is 0.124. The quantitative estimate of drug-likeness (QED) is 0.686. The van der Waals surface area contributed by atoms with Crippen LogP contribution in [0.2, 0.25) is 0 Å². The Bertz CT molecular complexity index is 158. The normalized spacial score (nSPS) is 21.8. The number of amides is 1. The van der Waals surface area contributed by atoms with Gasteiger partial charge in [0.2, 0.25) is 5.91 Å². The third-order valence-electron chi connectivity index (χ3n) is 2.05. The van der Waals surface area contributed by atoms with E-state index in [0.717, 1.165) is 18.7 Å². The van der Waals surface area contributed by atoms with E-state index < -0.39 is 0 Å². The molecule has 0 saturated carbocycles. The summed E-state index contributed by atoms with van der Waals surface area (Å²) in [7, 11) is 0. The first kappa shape index (κ1) is 10.9. The molecule has 1 rings (SSSR count). The van der Waals surface area contributed by atoms with Gasteiger partial charge in [0.25, 0.3) is 0 Å². The molecule has 13 heavy (non-hydrogen) atoms. The lowest BCUT2D eigenvalue weighted by molar-refractivity contribution is -0.120. The Labute approximate surface area is 84.0 Å². The zero-order valence-corrected chi connectivity index (χ0v) is 8.95. The molecule has 1 aliphatic rings. The average Bonchev–Trinajstić information content (AvgIpc) is 2.64. The Morgan fingerprint density at radius 2 is 2.46 bits per heavy atom. The lowest BCUT2D eigenvalue weighted by Crippen LogP contribution is -2.39. The van der Waals surface area contributed by atoms with Crippen LogP contribution in [0.25, 0.3) is 0 Å². The highest BCUT2D eigenvalue weighted by atomic mass is 32.2. The summed E-state index contributed by atoms with van der Waals surface area (Å²) in [5, 5.41) is 6.11. The fourth-order valence-electron chi connectivity index (χ4n) is 1.26. The fraction of sp³-hybridized carbons (Fsp3) is 0.889. The van der Waals surface area contributed by atoms with Gasteiger partial charge in [0.05, 0.1) is 6.54 Å². The second-order valence-electron chi connectivity index (χ2n) is 3.29. The van der Waals surface area contributed by atoms with Crippen molar-refractivity contribution in [1.29, 1.82) is 0 Å². The van der Waals surface area contributed by atoms with Crippen LogP contribution in [0.3, 0.4) is 0 Å². The monoisotopic (exact) mass is 202 g/mol. The Balaban J connectivity index is 2.00. The predicted molar refractivity (Wildman–Crippen MR) is 57.0 cm³/mol. The van der Waals surface area contributed by atoms with E-state index in [4.69, 9.17) is 0 Å². The minimum atomic E-state index is 0.124. The maximum Gasteiger partial charge on any atom is 0.233 e. The van der Waals surface area contributed by atoms with Gasteiger partial charge in [-0.05, 0) is 18.6 Å². The topological polar surface area (TPSA) is 41.1 Å². The number of hydrogen-bond donors (Lipinski definition) is 2. The molecule has 0 radical (unpaired) electrons. The highest BCUT2D eigenvalue weighted by Gasteiger charge is 2.15. The van der Waals surface area contributed by atoms with Crippen LogP contribution < -0.4 is 10.6 Å². The summed E-state index contributed by atoms with van der Waals surface area (Å²) in [4.78, 5) is 11.2. The molecule has 76 valence electrons. The molecule has 1 saturated heterocycles. The molecule has 1 fully saturated rings. The summed E-state index contributed by atoms with van der Waals surface area (Å²) in [5.74, 6) is 2.51. The van der Waals surface area contributed by atoms with Crippen molar-refractivity contribution in [3.8, 4) is 0 Å². The number of hydrogen-bond acceptors (Lipinski definition) is 3. The molecule has 4 heteroatoms. The van der Waals surface area contributed by atoms with Crippen molar-refractivity contribution >= 4 is 17.7 Å². The Morgan fingerprint density at radius 1 is 1.62 bits per heavy atom. The molecule has 0 aliphatic carbocycles. The van der Waals surface area contributed by atoms with E-state index in [1.807, 2.05) is 11.8 Å². The second-order valence-corrected chi connectivity index (χ2v) is 4.44. The fourth-order valence-corrected chi connectivity index (χ4v) is 2.45. The first-order valence-corrected chi connectivity index (χ1v) is 6.06. The molecule has 2 N–H and O–H groups in total. The van der Waals surface area contributed by atoms with Gasteiger partial charge in [-0.15, -0.1) is 0 Å². The van der Waals surface area contributed by atoms with Crippen molar-refractivity contribution < 1.29 is 4.79 Å². The second kappa shape index (κ2) is 6.27. The van der Waals surface area contributed by atoms with Gasteiger partial charge < -0.3 is 10.6 Å². The third kappa shape index (κ3) is 4.52. The van der Waals surface area contributed by atoms with Crippen LogP contribution in [0.4, 0.5) is 0 Å². The van der Waals surface area contributed by atoms with Gasteiger partial charge in [-0.3, -0.25) is 4.79 Å². The smallest absolute Gasteiger partial charge is 0.233 e. The lowest BCUT2D eigenvalue weighted by atomic mass is 10.2. The van der Waals surface area contributed by atoms with Crippen LogP contribution in [0.15, 0.2) is 0 Å². The van der Waals surface area contributed by atoms with Crippen LogP contribution in [-0.2, 0) is 4.79 Å². The van der Waals surface area contributed by atoms with Gasteiger partial charge in [-0.2, -0.15) is 11.8 Å². The molecule has 0 bridgehead atoms. The van der Waals surface area contributed by atoms with E-state index in [9.17, 15) is 4.79 Å². The zero-order chi connectivity index (χ0) is 9.52. The molecule has 0 aromatic rings. The van der Waals surface area contributed by atoms with Crippen molar-refractivity contribution in [2.75, 3.05) is 24.6 Å².